The molecule has 1 fully saturated rings. The number of hydrogen-bond donors (Lipinski definition) is 0. The number of hydrogen-bond acceptors (Lipinski definition) is 5. The van der Waals surface area contributed by atoms with Crippen LogP contribution in [0.15, 0.2) is 18.2 Å². The van der Waals surface area contributed by atoms with Crippen molar-refractivity contribution in [3.05, 3.63) is 39.4 Å². The maximum Gasteiger partial charge on any atom is 0.338 e. The Morgan fingerprint density at radius 3 is 2.41 bits per heavy atom. The SMILES string of the molecule is COC(=O)c1cc(C(=O)N(C)[C@@H](C)C2CC2)cc([N+](=O)[O-])c1. The average Bonchev–Trinajstić information content (AvgIpc) is 3.36. The summed E-state index contributed by atoms with van der Waals surface area (Å²) in [7, 11) is 2.85. The third-order valence-electron chi connectivity index (χ3n) is 4.03. The van der Waals surface area contributed by atoms with E-state index in [1.54, 1.807) is 11.9 Å². The quantitative estimate of drug-likeness (QED) is 0.473. The Kier molecular flexibility index (Phi) is 4.44. The molecule has 0 unspecified atom stereocenters. The number of carbonyl (C=O) groups excluding carboxylic acids is 2. The van der Waals surface area contributed by atoms with Gasteiger partial charge in [0.05, 0.1) is 17.6 Å². The lowest BCUT2D eigenvalue weighted by atomic mass is 10.1. The summed E-state index contributed by atoms with van der Waals surface area (Å²) < 4.78 is 4.58. The molecule has 0 spiro atoms. The van der Waals surface area contributed by atoms with Gasteiger partial charge >= 0.3 is 5.97 Å². The molecule has 2 rings (SSSR count). The average molecular weight is 306 g/mol. The fourth-order valence-corrected chi connectivity index (χ4v) is 2.36. The van der Waals surface area contributed by atoms with E-state index in [2.05, 4.69) is 4.74 Å². The fraction of sp³-hybridized carbons (Fsp3) is 0.467. The Hall–Kier alpha value is -2.44. The zero-order valence-electron chi connectivity index (χ0n) is 12.7. The summed E-state index contributed by atoms with van der Waals surface area (Å²) in [6, 6.07) is 3.68. The first-order valence-electron chi connectivity index (χ1n) is 7.00. The van der Waals surface area contributed by atoms with Crippen molar-refractivity contribution in [2.75, 3.05) is 14.2 Å². The van der Waals surface area contributed by atoms with Gasteiger partial charge in [-0.1, -0.05) is 0 Å². The molecule has 1 aromatic rings. The minimum absolute atomic E-state index is 0.00692. The summed E-state index contributed by atoms with van der Waals surface area (Å²) in [5.41, 5.74) is -0.198. The normalized spacial score (nSPS) is 15.0. The van der Waals surface area contributed by atoms with E-state index in [9.17, 15) is 19.7 Å². The van der Waals surface area contributed by atoms with Gasteiger partial charge < -0.3 is 9.64 Å². The molecular weight excluding hydrogens is 288 g/mol. The molecule has 0 aromatic heterocycles. The number of rotatable bonds is 5. The third-order valence-corrected chi connectivity index (χ3v) is 4.03. The van der Waals surface area contributed by atoms with Crippen molar-refractivity contribution in [2.45, 2.75) is 25.8 Å². The zero-order valence-corrected chi connectivity index (χ0v) is 12.7. The van der Waals surface area contributed by atoms with E-state index in [1.165, 1.54) is 19.2 Å². The predicted molar refractivity (Wildman–Crippen MR) is 78.7 cm³/mol. The Morgan fingerprint density at radius 2 is 1.91 bits per heavy atom. The lowest BCUT2D eigenvalue weighted by molar-refractivity contribution is -0.384. The number of methoxy groups -OCH3 is 1. The van der Waals surface area contributed by atoms with Crippen LogP contribution >= 0.6 is 0 Å². The minimum atomic E-state index is -0.712. The van der Waals surface area contributed by atoms with Crippen LogP contribution in [0.4, 0.5) is 5.69 Å². The van der Waals surface area contributed by atoms with E-state index in [0.29, 0.717) is 5.92 Å². The summed E-state index contributed by atoms with van der Waals surface area (Å²) >= 11 is 0. The largest absolute Gasteiger partial charge is 0.465 e. The molecule has 1 saturated carbocycles. The van der Waals surface area contributed by atoms with Gasteiger partial charge in [-0.2, -0.15) is 0 Å². The first kappa shape index (κ1) is 15.9. The number of nitrogens with zero attached hydrogens (tertiary/aromatic N) is 2. The van der Waals surface area contributed by atoms with E-state index < -0.39 is 10.9 Å². The van der Waals surface area contributed by atoms with Gasteiger partial charge in [0.25, 0.3) is 11.6 Å². The first-order chi connectivity index (χ1) is 10.3. The molecule has 22 heavy (non-hydrogen) atoms. The van der Waals surface area contributed by atoms with E-state index in [0.717, 1.165) is 18.9 Å². The standard InChI is InChI=1S/C15H18N2O5/c1-9(10-4-5-10)16(2)14(18)11-6-12(15(19)22-3)8-13(7-11)17(20)21/h6-10H,4-5H2,1-3H3/t9-/m0/s1. The lowest BCUT2D eigenvalue weighted by Gasteiger charge is -2.25. The second-order valence-corrected chi connectivity index (χ2v) is 5.51. The highest BCUT2D eigenvalue weighted by Gasteiger charge is 2.33. The maximum atomic E-state index is 12.5. The van der Waals surface area contributed by atoms with Crippen LogP contribution in [-0.2, 0) is 4.74 Å². The van der Waals surface area contributed by atoms with Gasteiger partial charge in [-0.25, -0.2) is 4.79 Å². The highest BCUT2D eigenvalue weighted by Crippen LogP contribution is 2.35. The Labute approximate surface area is 128 Å². The van der Waals surface area contributed by atoms with Crippen molar-refractivity contribution in [3.8, 4) is 0 Å². The van der Waals surface area contributed by atoms with Crippen molar-refractivity contribution in [2.24, 2.45) is 5.92 Å². The molecule has 1 atom stereocenters. The molecule has 0 radical (unpaired) electrons. The minimum Gasteiger partial charge on any atom is -0.465 e. The molecule has 1 aliphatic rings. The van der Waals surface area contributed by atoms with E-state index in [-0.39, 0.29) is 28.8 Å². The van der Waals surface area contributed by atoms with Gasteiger partial charge in [0.2, 0.25) is 0 Å². The van der Waals surface area contributed by atoms with Gasteiger partial charge in [0, 0.05) is 30.8 Å². The Bertz CT molecular complexity index is 624. The number of ether oxygens (including phenoxy) is 1. The molecule has 7 nitrogen and oxygen atoms in total. The van der Waals surface area contributed by atoms with Crippen LogP contribution in [0.25, 0.3) is 0 Å². The van der Waals surface area contributed by atoms with Crippen LogP contribution in [0.2, 0.25) is 0 Å². The van der Waals surface area contributed by atoms with Crippen LogP contribution in [0.1, 0.15) is 40.5 Å². The molecule has 1 amide bonds. The third kappa shape index (κ3) is 3.24. The summed E-state index contributed by atoms with van der Waals surface area (Å²) in [6.45, 7) is 1.95. The van der Waals surface area contributed by atoms with Crippen molar-refractivity contribution >= 4 is 17.6 Å². The second-order valence-electron chi connectivity index (χ2n) is 5.51. The summed E-state index contributed by atoms with van der Waals surface area (Å²) in [4.78, 5) is 36.0. The summed E-state index contributed by atoms with van der Waals surface area (Å²) in [5.74, 6) is -0.573. The molecule has 0 heterocycles. The highest BCUT2D eigenvalue weighted by molar-refractivity contribution is 5.99. The highest BCUT2D eigenvalue weighted by atomic mass is 16.6. The maximum absolute atomic E-state index is 12.5. The summed E-state index contributed by atoms with van der Waals surface area (Å²) in [5, 5.41) is 11.0. The molecule has 0 bridgehead atoms. The second kappa shape index (κ2) is 6.13. The van der Waals surface area contributed by atoms with E-state index in [4.69, 9.17) is 0 Å². The van der Waals surface area contributed by atoms with Crippen LogP contribution in [0.5, 0.6) is 0 Å². The zero-order chi connectivity index (χ0) is 16.4. The van der Waals surface area contributed by atoms with Crippen LogP contribution < -0.4 is 0 Å². The van der Waals surface area contributed by atoms with Gasteiger partial charge in [-0.3, -0.25) is 14.9 Å². The van der Waals surface area contributed by atoms with Gasteiger partial charge in [0.1, 0.15) is 0 Å². The van der Waals surface area contributed by atoms with Crippen LogP contribution in [0, 0.1) is 16.0 Å². The molecule has 1 aliphatic carbocycles. The predicted octanol–water partition coefficient (Wildman–Crippen LogP) is 2.25. The molecule has 118 valence electrons. The van der Waals surface area contributed by atoms with Gasteiger partial charge in [-0.15, -0.1) is 0 Å². The molecule has 0 N–H and O–H groups in total. The van der Waals surface area contributed by atoms with Gasteiger partial charge in [0.15, 0.2) is 0 Å². The number of amides is 1. The number of non-ortho nitro benzene ring substituents is 1. The molecule has 7 heteroatoms. The number of benzene rings is 1. The Morgan fingerprint density at radius 1 is 1.32 bits per heavy atom. The Balaban J connectivity index is 2.35. The topological polar surface area (TPSA) is 89.8 Å². The molecule has 0 saturated heterocycles. The number of nitro benzene ring substituents is 1. The number of esters is 1. The molecular formula is C15H18N2O5. The van der Waals surface area contributed by atoms with E-state index >= 15 is 0 Å². The van der Waals surface area contributed by atoms with Crippen molar-refractivity contribution in [1.29, 1.82) is 0 Å². The van der Waals surface area contributed by atoms with E-state index in [1.807, 2.05) is 6.92 Å². The monoisotopic (exact) mass is 306 g/mol. The molecule has 0 aliphatic heterocycles. The van der Waals surface area contributed by atoms with Crippen molar-refractivity contribution < 1.29 is 19.2 Å². The van der Waals surface area contributed by atoms with Crippen LogP contribution in [0.3, 0.4) is 0 Å². The lowest BCUT2D eigenvalue weighted by Crippen LogP contribution is -2.36. The van der Waals surface area contributed by atoms with Crippen LogP contribution in [-0.4, -0.2) is 41.9 Å². The van der Waals surface area contributed by atoms with Crippen molar-refractivity contribution in [3.63, 3.8) is 0 Å². The van der Waals surface area contributed by atoms with Gasteiger partial charge in [-0.05, 0) is 31.7 Å². The van der Waals surface area contributed by atoms with Crippen molar-refractivity contribution in [1.82, 2.24) is 4.90 Å². The summed E-state index contributed by atoms with van der Waals surface area (Å²) in [6.07, 6.45) is 2.17. The fourth-order valence-electron chi connectivity index (χ4n) is 2.36. The number of nitro groups is 1. The first-order valence-corrected chi connectivity index (χ1v) is 7.00. The molecule has 1 aromatic carbocycles. The number of carbonyl (C=O) groups is 2. The smallest absolute Gasteiger partial charge is 0.338 e.